The molecule has 0 bridgehead atoms. The first-order chi connectivity index (χ1) is 39.4. The lowest BCUT2D eigenvalue weighted by atomic mass is 9.76. The predicted octanol–water partition coefficient (Wildman–Crippen LogP) is 20.5. The van der Waals surface area contributed by atoms with Gasteiger partial charge < -0.3 is 13.9 Å². The molecule has 3 heteroatoms. The first-order valence-electron chi connectivity index (χ1n) is 28.1. The number of fused-ring (bicyclic) bond motifs is 16. The number of furan rings is 1. The van der Waals surface area contributed by atoms with E-state index < -0.39 is 0 Å². The van der Waals surface area contributed by atoms with E-state index in [0.717, 1.165) is 51.1 Å². The Morgan fingerprint density at radius 2 is 1.11 bits per heavy atom. The molecule has 0 spiro atoms. The van der Waals surface area contributed by atoms with Crippen LogP contribution in [0.2, 0.25) is 0 Å². The average Bonchev–Trinajstić information content (AvgIpc) is 4.29. The van der Waals surface area contributed by atoms with Gasteiger partial charge >= 0.3 is 0 Å². The standard InChI is InChI=1S/C77H52N2O/c1-77(2)70-26-12-9-23-60(70)61-35-30-47(41-71(61)77)40-66-58-37-32-51(44-67(58)59-38-33-53(45-68(59)66)79-73-27-13-10-24-62(73)63-25-11-14-28-74(63)79)78(72-29-15-18-48-16-3-6-20-55(48)72)52-34-39-75-69(46-52)64-36-31-50(43-76(64)80-75)65-42-49-17-4-5-19-54(49)56-21-7-8-22-57(56)65/h3-41,43-46,65H,42H2,1-2H3/b66-40-. The van der Waals surface area contributed by atoms with Crippen LogP contribution >= 0.6 is 0 Å². The maximum Gasteiger partial charge on any atom is 0.135 e. The Bertz CT molecular complexity index is 4920. The van der Waals surface area contributed by atoms with Crippen LogP contribution in [0.15, 0.2) is 259 Å². The second kappa shape index (κ2) is 17.0. The number of aromatic nitrogens is 1. The number of nitrogens with zero attached hydrogens (tertiary/aromatic N) is 2. The highest BCUT2D eigenvalue weighted by atomic mass is 16.3. The molecule has 1 atom stereocenters. The van der Waals surface area contributed by atoms with Gasteiger partial charge in [0.1, 0.15) is 11.2 Å². The molecule has 3 aliphatic rings. The molecule has 376 valence electrons. The van der Waals surface area contributed by atoms with Gasteiger partial charge in [-0.15, -0.1) is 0 Å². The number of benzene rings is 12. The predicted molar refractivity (Wildman–Crippen MR) is 334 cm³/mol. The van der Waals surface area contributed by atoms with Crippen LogP contribution in [0.5, 0.6) is 0 Å². The van der Waals surface area contributed by atoms with Gasteiger partial charge in [-0.05, 0) is 168 Å². The van der Waals surface area contributed by atoms with Crippen molar-refractivity contribution >= 4 is 83.2 Å². The summed E-state index contributed by atoms with van der Waals surface area (Å²) in [5.74, 6) is 0.232. The van der Waals surface area contributed by atoms with Gasteiger partial charge in [-0.25, -0.2) is 0 Å². The quantitative estimate of drug-likeness (QED) is 0.166. The van der Waals surface area contributed by atoms with E-state index in [1.54, 1.807) is 0 Å². The van der Waals surface area contributed by atoms with Crippen LogP contribution in [-0.4, -0.2) is 4.57 Å². The highest BCUT2D eigenvalue weighted by Crippen LogP contribution is 2.53. The Labute approximate surface area is 464 Å². The SMILES string of the molecule is CC1(C)c2ccccc2-c2ccc(/C=C3\c4cc(-n5c6ccccc6c6ccccc65)ccc4-c4cc(N(c5ccc6oc7cc(C8Cc9ccccc9-c9ccccc98)ccc7c6c5)c5cccc6ccccc56)ccc43)cc21. The first-order valence-corrected chi connectivity index (χ1v) is 28.1. The molecule has 12 aromatic carbocycles. The lowest BCUT2D eigenvalue weighted by Crippen LogP contribution is -2.14. The molecule has 3 aliphatic carbocycles. The van der Waals surface area contributed by atoms with E-state index in [9.17, 15) is 0 Å². The molecule has 2 aromatic heterocycles. The maximum absolute atomic E-state index is 6.83. The van der Waals surface area contributed by atoms with Gasteiger partial charge in [0.05, 0.1) is 16.7 Å². The van der Waals surface area contributed by atoms with E-state index in [1.165, 1.54) is 116 Å². The number of hydrogen-bond acceptors (Lipinski definition) is 2. The Hall–Kier alpha value is -9.96. The van der Waals surface area contributed by atoms with Crippen molar-refractivity contribution < 1.29 is 4.42 Å². The highest BCUT2D eigenvalue weighted by Gasteiger charge is 2.36. The molecule has 0 fully saturated rings. The van der Waals surface area contributed by atoms with Crippen LogP contribution in [0.1, 0.15) is 64.3 Å². The van der Waals surface area contributed by atoms with E-state index >= 15 is 0 Å². The highest BCUT2D eigenvalue weighted by molar-refractivity contribution is 6.12. The number of para-hydroxylation sites is 2. The van der Waals surface area contributed by atoms with E-state index in [2.05, 4.69) is 284 Å². The number of rotatable bonds is 6. The Morgan fingerprint density at radius 3 is 1.98 bits per heavy atom. The van der Waals surface area contributed by atoms with Crippen LogP contribution < -0.4 is 4.90 Å². The summed E-state index contributed by atoms with van der Waals surface area (Å²) in [6.45, 7) is 4.74. The molecule has 17 rings (SSSR count). The number of anilines is 3. The fraction of sp³-hybridized carbons (Fsp3) is 0.0649. The molecule has 3 nitrogen and oxygen atoms in total. The normalized spacial score (nSPS) is 15.1. The van der Waals surface area contributed by atoms with E-state index in [0.29, 0.717) is 0 Å². The second-order valence-electron chi connectivity index (χ2n) is 22.7. The van der Waals surface area contributed by atoms with E-state index in [-0.39, 0.29) is 11.3 Å². The van der Waals surface area contributed by atoms with Gasteiger partial charge in [-0.3, -0.25) is 0 Å². The molecule has 1 unspecified atom stereocenters. The number of hydrogen-bond donors (Lipinski definition) is 0. The lowest BCUT2D eigenvalue weighted by molar-refractivity contribution is 0.660. The van der Waals surface area contributed by atoms with Crippen molar-refractivity contribution in [3.63, 3.8) is 0 Å². The van der Waals surface area contributed by atoms with Crippen molar-refractivity contribution in [3.8, 4) is 39.1 Å². The molecular weight excluding hydrogens is 969 g/mol. The molecule has 0 aliphatic heterocycles. The van der Waals surface area contributed by atoms with E-state index in [1.807, 2.05) is 0 Å². The van der Waals surface area contributed by atoms with Gasteiger partial charge in [0, 0.05) is 55.3 Å². The second-order valence-corrected chi connectivity index (χ2v) is 22.7. The fourth-order valence-corrected chi connectivity index (χ4v) is 14.3. The summed E-state index contributed by atoms with van der Waals surface area (Å²) in [6, 6.07) is 94.8. The minimum atomic E-state index is -0.111. The van der Waals surface area contributed by atoms with Crippen molar-refractivity contribution in [1.82, 2.24) is 4.57 Å². The minimum Gasteiger partial charge on any atom is -0.456 e. The fourth-order valence-electron chi connectivity index (χ4n) is 14.3. The molecular formula is C77H52N2O. The van der Waals surface area contributed by atoms with Gasteiger partial charge in [-0.1, -0.05) is 202 Å². The average molecular weight is 1020 g/mol. The smallest absolute Gasteiger partial charge is 0.135 e. The van der Waals surface area contributed by atoms with Crippen LogP contribution in [0.3, 0.4) is 0 Å². The zero-order valence-corrected chi connectivity index (χ0v) is 44.4. The van der Waals surface area contributed by atoms with Crippen LogP contribution in [-0.2, 0) is 11.8 Å². The van der Waals surface area contributed by atoms with Crippen LogP contribution in [0, 0.1) is 0 Å². The largest absolute Gasteiger partial charge is 0.456 e. The summed E-state index contributed by atoms with van der Waals surface area (Å²) in [7, 11) is 0. The summed E-state index contributed by atoms with van der Waals surface area (Å²) >= 11 is 0. The van der Waals surface area contributed by atoms with Gasteiger partial charge in [0.25, 0.3) is 0 Å². The molecule has 14 aromatic rings. The van der Waals surface area contributed by atoms with Crippen LogP contribution in [0.4, 0.5) is 17.1 Å². The molecule has 0 saturated heterocycles. The minimum absolute atomic E-state index is 0.111. The zero-order chi connectivity index (χ0) is 52.8. The molecule has 2 heterocycles. The van der Waals surface area contributed by atoms with Gasteiger partial charge in [0.2, 0.25) is 0 Å². The third kappa shape index (κ3) is 6.61. The Kier molecular flexibility index (Phi) is 9.59. The summed E-state index contributed by atoms with van der Waals surface area (Å²) in [6.07, 6.45) is 3.40. The monoisotopic (exact) mass is 1020 g/mol. The third-order valence-corrected chi connectivity index (χ3v) is 18.1. The summed E-state index contributed by atoms with van der Waals surface area (Å²) in [5.41, 5.74) is 27.9. The van der Waals surface area contributed by atoms with Gasteiger partial charge in [0.15, 0.2) is 0 Å². The topological polar surface area (TPSA) is 21.3 Å². The molecule has 0 radical (unpaired) electrons. The van der Waals surface area contributed by atoms with Crippen molar-refractivity contribution in [1.29, 1.82) is 0 Å². The molecule has 0 N–H and O–H groups in total. The van der Waals surface area contributed by atoms with Gasteiger partial charge in [-0.2, -0.15) is 0 Å². The van der Waals surface area contributed by atoms with E-state index in [4.69, 9.17) is 4.42 Å². The molecule has 0 saturated carbocycles. The summed E-state index contributed by atoms with van der Waals surface area (Å²) in [4.78, 5) is 2.46. The summed E-state index contributed by atoms with van der Waals surface area (Å²) < 4.78 is 9.27. The van der Waals surface area contributed by atoms with Crippen molar-refractivity contribution in [2.24, 2.45) is 0 Å². The van der Waals surface area contributed by atoms with Crippen molar-refractivity contribution in [2.75, 3.05) is 4.90 Å². The maximum atomic E-state index is 6.83. The lowest BCUT2D eigenvalue weighted by Gasteiger charge is -2.28. The van der Waals surface area contributed by atoms with Crippen LogP contribution in [0.25, 0.3) is 105 Å². The van der Waals surface area contributed by atoms with Crippen molar-refractivity contribution in [2.45, 2.75) is 31.6 Å². The Balaban J connectivity index is 0.834. The Morgan fingerprint density at radius 1 is 0.438 bits per heavy atom. The third-order valence-electron chi connectivity index (χ3n) is 18.1. The first kappa shape index (κ1) is 45.1. The van der Waals surface area contributed by atoms with Crippen molar-refractivity contribution in [3.05, 3.63) is 299 Å². The zero-order valence-electron chi connectivity index (χ0n) is 44.4. The summed E-state index contributed by atoms with van der Waals surface area (Å²) in [5, 5.41) is 7.10. The molecule has 0 amide bonds. The molecule has 80 heavy (non-hydrogen) atoms.